The molecule has 28 heavy (non-hydrogen) atoms. The number of halogens is 1. The van der Waals surface area contributed by atoms with Crippen molar-refractivity contribution in [2.75, 3.05) is 0 Å². The molecule has 0 saturated carbocycles. The van der Waals surface area contributed by atoms with Crippen molar-refractivity contribution in [2.45, 2.75) is 13.0 Å². The molecule has 2 aromatic carbocycles. The molecule has 0 radical (unpaired) electrons. The smallest absolute Gasteiger partial charge is 0.265 e. The summed E-state index contributed by atoms with van der Waals surface area (Å²) >= 11 is 6.02. The molecule has 0 aliphatic heterocycles. The Morgan fingerprint density at radius 3 is 2.61 bits per heavy atom. The Morgan fingerprint density at radius 2 is 1.79 bits per heavy atom. The molecule has 0 amide bonds. The summed E-state index contributed by atoms with van der Waals surface area (Å²) in [7, 11) is 0. The SMILES string of the molecule is O=c1c2nc(C#CCc3ccccc3)ccc2cnn1Cc1cccc(Cl)c1. The summed E-state index contributed by atoms with van der Waals surface area (Å²) < 4.78 is 1.39. The van der Waals surface area contributed by atoms with Gasteiger partial charge >= 0.3 is 0 Å². The van der Waals surface area contributed by atoms with Crippen molar-refractivity contribution in [3.8, 4) is 11.8 Å². The quantitative estimate of drug-likeness (QED) is 0.499. The Kier molecular flexibility index (Phi) is 5.18. The second-order valence-corrected chi connectivity index (χ2v) is 6.77. The molecule has 0 fully saturated rings. The predicted octanol–water partition coefficient (Wildman–Crippen LogP) is 4.09. The Labute approximate surface area is 167 Å². The minimum absolute atomic E-state index is 0.246. The average Bonchev–Trinajstić information content (AvgIpc) is 2.71. The van der Waals surface area contributed by atoms with Crippen LogP contribution in [-0.2, 0) is 13.0 Å². The van der Waals surface area contributed by atoms with Gasteiger partial charge < -0.3 is 0 Å². The van der Waals surface area contributed by atoms with E-state index in [1.54, 1.807) is 12.3 Å². The summed E-state index contributed by atoms with van der Waals surface area (Å²) in [5.74, 6) is 6.15. The van der Waals surface area contributed by atoms with Gasteiger partial charge in [-0.05, 0) is 41.3 Å². The standard InChI is InChI=1S/C23H16ClN3O/c24-20-10-4-9-18(14-20)16-27-23(28)22-19(15-25-27)12-13-21(26-22)11-5-8-17-6-2-1-3-7-17/h1-4,6-7,9-10,12-15H,8,16H2. The van der Waals surface area contributed by atoms with Gasteiger partial charge in [0.25, 0.3) is 5.56 Å². The van der Waals surface area contributed by atoms with E-state index >= 15 is 0 Å². The van der Waals surface area contributed by atoms with Crippen molar-refractivity contribution in [3.05, 3.63) is 105 Å². The van der Waals surface area contributed by atoms with E-state index in [9.17, 15) is 4.79 Å². The lowest BCUT2D eigenvalue weighted by Gasteiger charge is -2.06. The normalized spacial score (nSPS) is 10.5. The summed E-state index contributed by atoms with van der Waals surface area (Å²) in [5, 5.41) is 5.57. The summed E-state index contributed by atoms with van der Waals surface area (Å²) in [5.41, 5.74) is 2.73. The van der Waals surface area contributed by atoms with Crippen LogP contribution in [0, 0.1) is 11.8 Å². The fraction of sp³-hybridized carbons (Fsp3) is 0.0870. The molecule has 5 heteroatoms. The molecule has 4 nitrogen and oxygen atoms in total. The maximum atomic E-state index is 12.8. The molecule has 0 saturated heterocycles. The van der Waals surface area contributed by atoms with Crippen LogP contribution in [0.3, 0.4) is 0 Å². The number of aromatic nitrogens is 3. The highest BCUT2D eigenvalue weighted by atomic mass is 35.5. The number of nitrogens with zero attached hydrogens (tertiary/aromatic N) is 3. The summed E-state index contributed by atoms with van der Waals surface area (Å²) in [6.07, 6.45) is 2.28. The van der Waals surface area contributed by atoms with E-state index in [1.807, 2.05) is 60.7 Å². The topological polar surface area (TPSA) is 47.8 Å². The Morgan fingerprint density at radius 1 is 0.964 bits per heavy atom. The largest absolute Gasteiger partial charge is 0.293 e. The highest BCUT2D eigenvalue weighted by Gasteiger charge is 2.07. The highest BCUT2D eigenvalue weighted by Crippen LogP contribution is 2.12. The maximum absolute atomic E-state index is 12.8. The van der Waals surface area contributed by atoms with Crippen LogP contribution in [0.1, 0.15) is 16.8 Å². The molecule has 0 bridgehead atoms. The molecule has 2 heterocycles. The first-order chi connectivity index (χ1) is 13.7. The summed E-state index contributed by atoms with van der Waals surface area (Å²) in [6.45, 7) is 0.334. The van der Waals surface area contributed by atoms with E-state index in [2.05, 4.69) is 21.9 Å². The molecular weight excluding hydrogens is 370 g/mol. The first-order valence-corrected chi connectivity index (χ1v) is 9.21. The third-order valence-corrected chi connectivity index (χ3v) is 4.51. The van der Waals surface area contributed by atoms with Gasteiger partial charge in [0.2, 0.25) is 0 Å². The zero-order valence-corrected chi connectivity index (χ0v) is 15.7. The van der Waals surface area contributed by atoms with Crippen LogP contribution in [0.25, 0.3) is 10.9 Å². The van der Waals surface area contributed by atoms with Gasteiger partial charge in [0.1, 0.15) is 11.2 Å². The summed E-state index contributed by atoms with van der Waals surface area (Å²) in [6, 6.07) is 21.0. The number of benzene rings is 2. The van der Waals surface area contributed by atoms with E-state index < -0.39 is 0 Å². The van der Waals surface area contributed by atoms with Crippen LogP contribution in [0.2, 0.25) is 5.02 Å². The molecule has 0 spiro atoms. The number of rotatable bonds is 3. The van der Waals surface area contributed by atoms with Crippen LogP contribution >= 0.6 is 11.6 Å². The molecule has 0 atom stereocenters. The van der Waals surface area contributed by atoms with Crippen molar-refractivity contribution in [1.29, 1.82) is 0 Å². The zero-order chi connectivity index (χ0) is 19.3. The van der Waals surface area contributed by atoms with Crippen molar-refractivity contribution in [3.63, 3.8) is 0 Å². The molecular formula is C23H16ClN3O. The van der Waals surface area contributed by atoms with Crippen molar-refractivity contribution >= 4 is 22.5 Å². The monoisotopic (exact) mass is 385 g/mol. The van der Waals surface area contributed by atoms with Gasteiger partial charge in [-0.1, -0.05) is 60.0 Å². The van der Waals surface area contributed by atoms with Crippen LogP contribution in [0.4, 0.5) is 0 Å². The zero-order valence-electron chi connectivity index (χ0n) is 15.0. The minimum Gasteiger partial charge on any atom is -0.265 e. The van der Waals surface area contributed by atoms with Crippen LogP contribution in [-0.4, -0.2) is 14.8 Å². The van der Waals surface area contributed by atoms with Crippen molar-refractivity contribution in [2.24, 2.45) is 0 Å². The molecule has 2 aromatic heterocycles. The van der Waals surface area contributed by atoms with Crippen LogP contribution in [0.15, 0.2) is 77.7 Å². The van der Waals surface area contributed by atoms with Crippen LogP contribution in [0.5, 0.6) is 0 Å². The van der Waals surface area contributed by atoms with Gasteiger partial charge in [-0.15, -0.1) is 0 Å². The second kappa shape index (κ2) is 8.08. The number of hydrogen-bond acceptors (Lipinski definition) is 3. The fourth-order valence-electron chi connectivity index (χ4n) is 2.88. The predicted molar refractivity (Wildman–Crippen MR) is 111 cm³/mol. The lowest BCUT2D eigenvalue weighted by atomic mass is 10.1. The average molecular weight is 386 g/mol. The van der Waals surface area contributed by atoms with Crippen molar-refractivity contribution < 1.29 is 0 Å². The molecule has 136 valence electrons. The lowest BCUT2D eigenvalue weighted by Crippen LogP contribution is -2.24. The first-order valence-electron chi connectivity index (χ1n) is 8.83. The number of fused-ring (bicyclic) bond motifs is 1. The molecule has 0 aliphatic carbocycles. The Hall–Kier alpha value is -3.42. The Bertz CT molecular complexity index is 1250. The molecule has 0 aliphatic rings. The Balaban J connectivity index is 1.63. The maximum Gasteiger partial charge on any atom is 0.293 e. The third kappa shape index (κ3) is 4.11. The molecule has 0 N–H and O–H groups in total. The summed E-state index contributed by atoms with van der Waals surface area (Å²) in [4.78, 5) is 17.3. The van der Waals surface area contributed by atoms with Gasteiger partial charge in [0.05, 0.1) is 12.7 Å². The van der Waals surface area contributed by atoms with Gasteiger partial charge in [0, 0.05) is 16.8 Å². The van der Waals surface area contributed by atoms with Gasteiger partial charge in [-0.2, -0.15) is 5.10 Å². The van der Waals surface area contributed by atoms with E-state index in [-0.39, 0.29) is 5.56 Å². The number of pyridine rings is 1. The first kappa shape index (κ1) is 18.0. The third-order valence-electron chi connectivity index (χ3n) is 4.27. The van der Waals surface area contributed by atoms with E-state index in [0.29, 0.717) is 34.6 Å². The van der Waals surface area contributed by atoms with Gasteiger partial charge in [-0.25, -0.2) is 9.67 Å². The lowest BCUT2D eigenvalue weighted by molar-refractivity contribution is 0.646. The number of hydrogen-bond donors (Lipinski definition) is 0. The van der Waals surface area contributed by atoms with Crippen LogP contribution < -0.4 is 5.56 Å². The fourth-order valence-corrected chi connectivity index (χ4v) is 3.09. The minimum atomic E-state index is -0.246. The second-order valence-electron chi connectivity index (χ2n) is 6.34. The molecule has 0 unspecified atom stereocenters. The van der Waals surface area contributed by atoms with Gasteiger partial charge in [0.15, 0.2) is 0 Å². The van der Waals surface area contributed by atoms with Crippen molar-refractivity contribution in [1.82, 2.24) is 14.8 Å². The molecule has 4 aromatic rings. The van der Waals surface area contributed by atoms with E-state index in [0.717, 1.165) is 11.1 Å². The van der Waals surface area contributed by atoms with E-state index in [4.69, 9.17) is 11.6 Å². The van der Waals surface area contributed by atoms with E-state index in [1.165, 1.54) is 4.68 Å². The molecule has 4 rings (SSSR count). The highest BCUT2D eigenvalue weighted by molar-refractivity contribution is 6.30. The van der Waals surface area contributed by atoms with Gasteiger partial charge in [-0.3, -0.25) is 4.79 Å².